The third kappa shape index (κ3) is 2.06. The lowest BCUT2D eigenvalue weighted by atomic mass is 9.92. The van der Waals surface area contributed by atoms with E-state index in [1.54, 1.807) is 0 Å². The van der Waals surface area contributed by atoms with E-state index < -0.39 is 0 Å². The molecule has 4 heteroatoms. The van der Waals surface area contributed by atoms with Crippen LogP contribution >= 0.6 is 0 Å². The molecule has 1 aliphatic rings. The van der Waals surface area contributed by atoms with Gasteiger partial charge in [0.05, 0.1) is 5.69 Å². The predicted octanol–water partition coefficient (Wildman–Crippen LogP) is 1.33. The van der Waals surface area contributed by atoms with Crippen molar-refractivity contribution in [3.63, 3.8) is 0 Å². The van der Waals surface area contributed by atoms with Gasteiger partial charge in [-0.15, -0.1) is 0 Å². The monoisotopic (exact) mass is 209 g/mol. The third-order valence-corrected chi connectivity index (χ3v) is 3.09. The van der Waals surface area contributed by atoms with E-state index in [0.717, 1.165) is 26.0 Å². The van der Waals surface area contributed by atoms with E-state index >= 15 is 0 Å². The summed E-state index contributed by atoms with van der Waals surface area (Å²) in [7, 11) is 0. The van der Waals surface area contributed by atoms with Crippen molar-refractivity contribution < 1.29 is 4.74 Å². The molecule has 0 aromatic carbocycles. The molecule has 1 aliphatic heterocycles. The molecular formula is C11H19N3O. The van der Waals surface area contributed by atoms with Crippen molar-refractivity contribution in [3.8, 4) is 0 Å². The largest absolute Gasteiger partial charge is 0.372 e. The maximum Gasteiger partial charge on any atom is 0.103 e. The quantitative estimate of drug-likeness (QED) is 0.817. The Kier molecular flexibility index (Phi) is 3.38. The van der Waals surface area contributed by atoms with E-state index in [4.69, 9.17) is 10.5 Å². The summed E-state index contributed by atoms with van der Waals surface area (Å²) in [6, 6.07) is 2.04. The fraction of sp³-hybridized carbons (Fsp3) is 0.727. The lowest BCUT2D eigenvalue weighted by molar-refractivity contribution is -0.0301. The van der Waals surface area contributed by atoms with E-state index in [0.29, 0.717) is 12.5 Å². The van der Waals surface area contributed by atoms with E-state index in [1.807, 2.05) is 16.9 Å². The minimum absolute atomic E-state index is 0.145. The highest BCUT2D eigenvalue weighted by Crippen LogP contribution is 2.32. The highest BCUT2D eigenvalue weighted by Gasteiger charge is 2.28. The Morgan fingerprint density at radius 2 is 2.53 bits per heavy atom. The van der Waals surface area contributed by atoms with Crippen molar-refractivity contribution in [2.45, 2.75) is 32.4 Å². The molecule has 0 radical (unpaired) electrons. The Balaban J connectivity index is 2.20. The molecule has 2 rings (SSSR count). The molecule has 2 N–H and O–H groups in total. The molecule has 0 bridgehead atoms. The van der Waals surface area contributed by atoms with Crippen LogP contribution in [0.1, 0.15) is 31.6 Å². The van der Waals surface area contributed by atoms with Crippen molar-refractivity contribution in [1.82, 2.24) is 9.78 Å². The van der Waals surface area contributed by atoms with Crippen LogP contribution in [0.25, 0.3) is 0 Å². The molecule has 0 amide bonds. The maximum atomic E-state index is 5.83. The van der Waals surface area contributed by atoms with Crippen LogP contribution in [0.4, 0.5) is 0 Å². The number of ether oxygens (including phenoxy) is 1. The van der Waals surface area contributed by atoms with Crippen molar-refractivity contribution in [1.29, 1.82) is 0 Å². The lowest BCUT2D eigenvalue weighted by Crippen LogP contribution is -2.30. The molecule has 1 saturated heterocycles. The first-order valence-electron chi connectivity index (χ1n) is 5.70. The topological polar surface area (TPSA) is 53.1 Å². The Morgan fingerprint density at radius 1 is 1.67 bits per heavy atom. The zero-order valence-corrected chi connectivity index (χ0v) is 9.22. The van der Waals surface area contributed by atoms with Gasteiger partial charge in [-0.1, -0.05) is 0 Å². The molecule has 0 spiro atoms. The maximum absolute atomic E-state index is 5.83. The number of rotatable bonds is 3. The van der Waals surface area contributed by atoms with E-state index in [1.165, 1.54) is 5.69 Å². The predicted molar refractivity (Wildman–Crippen MR) is 58.4 cm³/mol. The molecule has 84 valence electrons. The average Bonchev–Trinajstić information content (AvgIpc) is 2.76. The van der Waals surface area contributed by atoms with Crippen LogP contribution in [0.15, 0.2) is 12.3 Å². The molecule has 1 fully saturated rings. The zero-order valence-electron chi connectivity index (χ0n) is 9.22. The molecule has 2 unspecified atom stereocenters. The normalized spacial score (nSPS) is 26.8. The number of hydrogen-bond acceptors (Lipinski definition) is 3. The fourth-order valence-electron chi connectivity index (χ4n) is 2.26. The average molecular weight is 209 g/mol. The van der Waals surface area contributed by atoms with Crippen LogP contribution in [0.5, 0.6) is 0 Å². The smallest absolute Gasteiger partial charge is 0.103 e. The highest BCUT2D eigenvalue weighted by molar-refractivity contribution is 5.07. The van der Waals surface area contributed by atoms with Crippen LogP contribution in [0.2, 0.25) is 0 Å². The summed E-state index contributed by atoms with van der Waals surface area (Å²) in [5, 5.41) is 4.27. The van der Waals surface area contributed by atoms with Crippen LogP contribution in [0.3, 0.4) is 0 Å². The van der Waals surface area contributed by atoms with Gasteiger partial charge in [0.25, 0.3) is 0 Å². The van der Waals surface area contributed by atoms with Crippen molar-refractivity contribution in [3.05, 3.63) is 18.0 Å². The number of hydrogen-bond donors (Lipinski definition) is 1. The standard InChI is InChI=1S/C11H19N3O/c1-2-14-10(5-6-13-14)11-9(8-12)4-3-7-15-11/h5-6,9,11H,2-4,7-8,12H2,1H3. The molecule has 2 heterocycles. The molecule has 15 heavy (non-hydrogen) atoms. The fourth-order valence-corrected chi connectivity index (χ4v) is 2.26. The van der Waals surface area contributed by atoms with Gasteiger partial charge in [0.2, 0.25) is 0 Å². The minimum atomic E-state index is 0.145. The van der Waals surface area contributed by atoms with Gasteiger partial charge < -0.3 is 10.5 Å². The van der Waals surface area contributed by atoms with E-state index in [-0.39, 0.29) is 6.10 Å². The van der Waals surface area contributed by atoms with Crippen LogP contribution in [0, 0.1) is 5.92 Å². The molecule has 1 aromatic heterocycles. The summed E-state index contributed by atoms with van der Waals surface area (Å²) >= 11 is 0. The number of aryl methyl sites for hydroxylation is 1. The Labute approximate surface area is 90.4 Å². The zero-order chi connectivity index (χ0) is 10.7. The van der Waals surface area contributed by atoms with E-state index in [9.17, 15) is 0 Å². The van der Waals surface area contributed by atoms with Gasteiger partial charge in [-0.3, -0.25) is 4.68 Å². The van der Waals surface area contributed by atoms with Gasteiger partial charge in [0.1, 0.15) is 6.10 Å². The summed E-state index contributed by atoms with van der Waals surface area (Å²) in [5.74, 6) is 0.445. The first kappa shape index (κ1) is 10.6. The number of nitrogens with two attached hydrogens (primary N) is 1. The summed E-state index contributed by atoms with van der Waals surface area (Å²) in [4.78, 5) is 0. The van der Waals surface area contributed by atoms with Crippen molar-refractivity contribution in [2.75, 3.05) is 13.2 Å². The van der Waals surface area contributed by atoms with Crippen molar-refractivity contribution >= 4 is 0 Å². The number of aromatic nitrogens is 2. The van der Waals surface area contributed by atoms with Gasteiger partial charge in [0, 0.05) is 25.3 Å². The molecule has 0 saturated carbocycles. The van der Waals surface area contributed by atoms with E-state index in [2.05, 4.69) is 12.0 Å². The van der Waals surface area contributed by atoms with Gasteiger partial charge in [0.15, 0.2) is 0 Å². The van der Waals surface area contributed by atoms with Gasteiger partial charge in [-0.2, -0.15) is 5.10 Å². The summed E-state index contributed by atoms with van der Waals surface area (Å²) in [5.41, 5.74) is 6.96. The van der Waals surface area contributed by atoms with Crippen LogP contribution < -0.4 is 5.73 Å². The Bertz CT molecular complexity index is 311. The first-order chi connectivity index (χ1) is 7.36. The van der Waals surface area contributed by atoms with Crippen LogP contribution in [-0.2, 0) is 11.3 Å². The molecule has 2 atom stereocenters. The van der Waals surface area contributed by atoms with Crippen molar-refractivity contribution in [2.24, 2.45) is 11.7 Å². The Hall–Kier alpha value is -0.870. The minimum Gasteiger partial charge on any atom is -0.372 e. The SMILES string of the molecule is CCn1nccc1C1OCCCC1CN. The lowest BCUT2D eigenvalue weighted by Gasteiger charge is -2.31. The Morgan fingerprint density at radius 3 is 3.27 bits per heavy atom. The first-order valence-corrected chi connectivity index (χ1v) is 5.70. The molecular weight excluding hydrogens is 190 g/mol. The number of nitrogens with zero attached hydrogens (tertiary/aromatic N) is 2. The molecule has 1 aromatic rings. The van der Waals surface area contributed by atoms with Crippen LogP contribution in [-0.4, -0.2) is 22.9 Å². The second-order valence-corrected chi connectivity index (χ2v) is 4.00. The van der Waals surface area contributed by atoms with Gasteiger partial charge >= 0.3 is 0 Å². The van der Waals surface area contributed by atoms with Gasteiger partial charge in [-0.05, 0) is 32.4 Å². The third-order valence-electron chi connectivity index (χ3n) is 3.09. The highest BCUT2D eigenvalue weighted by atomic mass is 16.5. The molecule has 0 aliphatic carbocycles. The van der Waals surface area contributed by atoms with Gasteiger partial charge in [-0.25, -0.2) is 0 Å². The summed E-state index contributed by atoms with van der Waals surface area (Å²) in [6.07, 6.45) is 4.27. The summed E-state index contributed by atoms with van der Waals surface area (Å²) < 4.78 is 7.83. The summed E-state index contributed by atoms with van der Waals surface area (Å²) in [6.45, 7) is 4.52. The second kappa shape index (κ2) is 4.77. The molecule has 4 nitrogen and oxygen atoms in total. The second-order valence-electron chi connectivity index (χ2n) is 4.00.